The van der Waals surface area contributed by atoms with Gasteiger partial charge >= 0.3 is 0 Å². The summed E-state index contributed by atoms with van der Waals surface area (Å²) in [6.07, 6.45) is 19.0. The second-order valence-electron chi connectivity index (χ2n) is 12.4. The van der Waals surface area contributed by atoms with Crippen LogP contribution < -0.4 is 0 Å². The van der Waals surface area contributed by atoms with Crippen molar-refractivity contribution in [1.29, 1.82) is 0 Å². The van der Waals surface area contributed by atoms with E-state index in [2.05, 4.69) is 64.9 Å². The van der Waals surface area contributed by atoms with E-state index in [0.717, 1.165) is 54.1 Å². The van der Waals surface area contributed by atoms with Gasteiger partial charge in [0.25, 0.3) is 0 Å². The van der Waals surface area contributed by atoms with E-state index in [1.165, 1.54) is 44.9 Å². The molecule has 8 unspecified atom stereocenters. The summed E-state index contributed by atoms with van der Waals surface area (Å²) in [6.45, 7) is 14.8. The van der Waals surface area contributed by atoms with E-state index in [1.807, 2.05) is 0 Å². The van der Waals surface area contributed by atoms with Crippen LogP contribution in [-0.2, 0) is 0 Å². The molecular formula is C29H47NO. The number of nitrogens with zero attached hydrogens (tertiary/aromatic N) is 1. The molecule has 0 aliphatic heterocycles. The fourth-order valence-corrected chi connectivity index (χ4v) is 8.76. The zero-order chi connectivity index (χ0) is 22.4. The van der Waals surface area contributed by atoms with Crippen molar-refractivity contribution in [3.8, 4) is 0 Å². The predicted molar refractivity (Wildman–Crippen MR) is 131 cm³/mol. The zero-order valence-electron chi connectivity index (χ0n) is 21.0. The molecule has 3 fully saturated rings. The van der Waals surface area contributed by atoms with Gasteiger partial charge in [-0.05, 0) is 104 Å². The van der Waals surface area contributed by atoms with E-state index in [9.17, 15) is 5.21 Å². The van der Waals surface area contributed by atoms with Crippen LogP contribution in [0.15, 0.2) is 29.0 Å². The van der Waals surface area contributed by atoms with Gasteiger partial charge in [0, 0.05) is 6.42 Å². The maximum atomic E-state index is 9.32. The molecule has 2 nitrogen and oxygen atoms in total. The fraction of sp³-hybridized carbons (Fsp3) is 0.828. The Morgan fingerprint density at radius 2 is 1.87 bits per heavy atom. The minimum Gasteiger partial charge on any atom is -0.411 e. The average molecular weight is 426 g/mol. The van der Waals surface area contributed by atoms with Crippen molar-refractivity contribution >= 4 is 5.71 Å². The van der Waals surface area contributed by atoms with Crippen molar-refractivity contribution in [3.05, 3.63) is 23.8 Å². The molecule has 0 spiro atoms. The summed E-state index contributed by atoms with van der Waals surface area (Å²) in [7, 11) is 0. The van der Waals surface area contributed by atoms with Gasteiger partial charge in [-0.3, -0.25) is 0 Å². The summed E-state index contributed by atoms with van der Waals surface area (Å²) in [6, 6.07) is 0. The molecule has 174 valence electrons. The molecule has 1 N–H and O–H groups in total. The van der Waals surface area contributed by atoms with Gasteiger partial charge in [0.15, 0.2) is 0 Å². The van der Waals surface area contributed by atoms with Crippen LogP contribution in [0, 0.1) is 52.3 Å². The van der Waals surface area contributed by atoms with Crippen molar-refractivity contribution in [2.24, 2.45) is 57.4 Å². The Morgan fingerprint density at radius 3 is 2.55 bits per heavy atom. The highest BCUT2D eigenvalue weighted by molar-refractivity contribution is 5.87. The molecule has 0 amide bonds. The smallest absolute Gasteiger partial charge is 0.0611 e. The molecule has 0 aromatic heterocycles. The molecule has 3 saturated carbocycles. The van der Waals surface area contributed by atoms with Crippen LogP contribution in [0.5, 0.6) is 0 Å². The number of oxime groups is 1. The third-order valence-corrected chi connectivity index (χ3v) is 10.8. The maximum Gasteiger partial charge on any atom is 0.0611 e. The Balaban J connectivity index is 1.52. The maximum absolute atomic E-state index is 9.32. The molecule has 0 bridgehead atoms. The lowest BCUT2D eigenvalue weighted by atomic mass is 9.47. The summed E-state index contributed by atoms with van der Waals surface area (Å²) in [5.74, 6) is 5.60. The molecule has 31 heavy (non-hydrogen) atoms. The summed E-state index contributed by atoms with van der Waals surface area (Å²) in [4.78, 5) is 0. The monoisotopic (exact) mass is 425 g/mol. The Morgan fingerprint density at radius 1 is 1.10 bits per heavy atom. The van der Waals surface area contributed by atoms with Crippen LogP contribution in [0.1, 0.15) is 99.3 Å². The number of allylic oxidation sites excluding steroid dienone is 4. The standard InChI is InChI=1S/C29H47NO/c1-7-21(19(2)3)9-8-20(4)25-12-13-26-24-11-10-22-18-23(30-31)14-16-28(22,5)27(24)15-17-29(25,26)6/h8-10,19-21,24-27,31H,7,11-18H2,1-6H3/b9-8+,30-23+. The lowest BCUT2D eigenvalue weighted by Gasteiger charge is -2.58. The van der Waals surface area contributed by atoms with E-state index in [0.29, 0.717) is 16.7 Å². The molecule has 0 aromatic rings. The van der Waals surface area contributed by atoms with Crippen molar-refractivity contribution in [1.82, 2.24) is 0 Å². The molecular weight excluding hydrogens is 378 g/mol. The predicted octanol–water partition coefficient (Wildman–Crippen LogP) is 8.27. The molecule has 4 aliphatic carbocycles. The second kappa shape index (κ2) is 8.71. The number of rotatable bonds is 5. The number of hydrogen-bond acceptors (Lipinski definition) is 2. The minimum atomic E-state index is 0.341. The highest BCUT2D eigenvalue weighted by Crippen LogP contribution is 2.67. The lowest BCUT2D eigenvalue weighted by Crippen LogP contribution is -2.50. The number of hydrogen-bond donors (Lipinski definition) is 1. The molecule has 4 aliphatic rings. The lowest BCUT2D eigenvalue weighted by molar-refractivity contribution is -0.0429. The quantitative estimate of drug-likeness (QED) is 0.268. The molecule has 0 radical (unpaired) electrons. The SMILES string of the molecule is CCC(/C=C/C(C)C1CCC2C3CC=C4C/C(=N/O)CCC4(C)C3CCC12C)C(C)C. The van der Waals surface area contributed by atoms with E-state index < -0.39 is 0 Å². The van der Waals surface area contributed by atoms with Gasteiger partial charge in [0.05, 0.1) is 5.71 Å². The van der Waals surface area contributed by atoms with Crippen molar-refractivity contribution in [2.75, 3.05) is 0 Å². The van der Waals surface area contributed by atoms with Crippen molar-refractivity contribution in [2.45, 2.75) is 99.3 Å². The van der Waals surface area contributed by atoms with Crippen LogP contribution >= 0.6 is 0 Å². The Labute approximate surface area is 191 Å². The van der Waals surface area contributed by atoms with E-state index in [4.69, 9.17) is 0 Å². The summed E-state index contributed by atoms with van der Waals surface area (Å²) in [5.41, 5.74) is 3.43. The minimum absolute atomic E-state index is 0.341. The molecule has 8 atom stereocenters. The molecule has 0 saturated heterocycles. The van der Waals surface area contributed by atoms with Gasteiger partial charge in [0.1, 0.15) is 0 Å². The Hall–Kier alpha value is -1.05. The average Bonchev–Trinajstić information content (AvgIpc) is 3.10. The van der Waals surface area contributed by atoms with Crippen LogP contribution in [0.2, 0.25) is 0 Å². The topological polar surface area (TPSA) is 32.6 Å². The van der Waals surface area contributed by atoms with Crippen LogP contribution in [-0.4, -0.2) is 10.9 Å². The fourth-order valence-electron chi connectivity index (χ4n) is 8.76. The van der Waals surface area contributed by atoms with Crippen molar-refractivity contribution < 1.29 is 5.21 Å². The zero-order valence-corrected chi connectivity index (χ0v) is 21.0. The van der Waals surface area contributed by atoms with Gasteiger partial charge in [-0.2, -0.15) is 0 Å². The molecule has 0 aromatic carbocycles. The Bertz CT molecular complexity index is 748. The first kappa shape index (κ1) is 23.1. The first-order chi connectivity index (χ1) is 14.7. The summed E-state index contributed by atoms with van der Waals surface area (Å²) < 4.78 is 0. The first-order valence-electron chi connectivity index (χ1n) is 13.3. The summed E-state index contributed by atoms with van der Waals surface area (Å²) in [5, 5.41) is 12.9. The largest absolute Gasteiger partial charge is 0.411 e. The van der Waals surface area contributed by atoms with E-state index in [1.54, 1.807) is 5.57 Å². The Kier molecular flexibility index (Phi) is 6.50. The van der Waals surface area contributed by atoms with E-state index >= 15 is 0 Å². The van der Waals surface area contributed by atoms with Gasteiger partial charge in [0.2, 0.25) is 0 Å². The van der Waals surface area contributed by atoms with Crippen LogP contribution in [0.3, 0.4) is 0 Å². The van der Waals surface area contributed by atoms with Gasteiger partial charge in [-0.25, -0.2) is 0 Å². The molecule has 0 heterocycles. The molecule has 2 heteroatoms. The first-order valence-corrected chi connectivity index (χ1v) is 13.3. The van der Waals surface area contributed by atoms with Gasteiger partial charge < -0.3 is 5.21 Å². The molecule has 4 rings (SSSR count). The summed E-state index contributed by atoms with van der Waals surface area (Å²) >= 11 is 0. The normalized spacial score (nSPS) is 43.5. The van der Waals surface area contributed by atoms with Crippen LogP contribution in [0.4, 0.5) is 0 Å². The second-order valence-corrected chi connectivity index (χ2v) is 12.4. The third-order valence-electron chi connectivity index (χ3n) is 10.8. The van der Waals surface area contributed by atoms with Crippen LogP contribution in [0.25, 0.3) is 0 Å². The third kappa shape index (κ3) is 3.84. The number of fused-ring (bicyclic) bond motifs is 5. The van der Waals surface area contributed by atoms with Gasteiger partial charge in [-0.1, -0.05) is 70.5 Å². The van der Waals surface area contributed by atoms with E-state index in [-0.39, 0.29) is 0 Å². The highest BCUT2D eigenvalue weighted by atomic mass is 16.4. The van der Waals surface area contributed by atoms with Gasteiger partial charge in [-0.15, -0.1) is 0 Å². The van der Waals surface area contributed by atoms with Crippen molar-refractivity contribution in [3.63, 3.8) is 0 Å². The highest BCUT2D eigenvalue weighted by Gasteiger charge is 2.58.